The molecule has 0 nitrogen and oxygen atoms in total. The number of rotatable bonds is 0. The van der Waals surface area contributed by atoms with Crippen LogP contribution in [0.25, 0.3) is 0 Å². The van der Waals surface area contributed by atoms with Gasteiger partial charge in [0.2, 0.25) is 0 Å². The van der Waals surface area contributed by atoms with Crippen molar-refractivity contribution in [3.05, 3.63) is 35.9 Å². The molecule has 0 aliphatic carbocycles. The topological polar surface area (TPSA) is 0 Å². The van der Waals surface area contributed by atoms with Gasteiger partial charge in [0, 0.05) is 0 Å². The zero-order valence-corrected chi connectivity index (χ0v) is 10.5. The van der Waals surface area contributed by atoms with Crippen molar-refractivity contribution in [2.45, 2.75) is 6.92 Å². The normalized spacial score (nSPS) is 6.80. The van der Waals surface area contributed by atoms with Gasteiger partial charge in [0.25, 0.3) is 0 Å². The quantitative estimate of drug-likeness (QED) is 0.495. The summed E-state index contributed by atoms with van der Waals surface area (Å²) in [5.74, 6) is 0. The number of hydrogen-bond acceptors (Lipinski definition) is 0. The number of halogens is 2. The van der Waals surface area contributed by atoms with Gasteiger partial charge in [-0.3, -0.25) is 0 Å². The molecule has 0 saturated carbocycles. The van der Waals surface area contributed by atoms with Crippen molar-refractivity contribution in [3.8, 4) is 0 Å². The Bertz CT molecular complexity index is 144. The molecule has 0 spiro atoms. The molecule has 1 rings (SSSR count). The van der Waals surface area contributed by atoms with Crippen LogP contribution in [0.3, 0.4) is 0 Å². The summed E-state index contributed by atoms with van der Waals surface area (Å²) in [4.78, 5) is 0. The van der Waals surface area contributed by atoms with Crippen molar-refractivity contribution in [1.82, 2.24) is 0 Å². The third-order valence-electron chi connectivity index (χ3n) is 0.885. The predicted molar refractivity (Wildman–Crippen MR) is 41.4 cm³/mol. The van der Waals surface area contributed by atoms with Crippen molar-refractivity contribution in [2.75, 3.05) is 0 Å². The zero-order chi connectivity index (χ0) is 7.11. The van der Waals surface area contributed by atoms with Crippen LogP contribution in [-0.4, -0.2) is 0 Å². The van der Waals surface area contributed by atoms with Gasteiger partial charge >= 0.3 is 22.1 Å². The Morgan fingerprint density at radius 3 is 1.90 bits per heavy atom. The van der Waals surface area contributed by atoms with Crippen LogP contribution in [0.2, 0.25) is 0 Å². The van der Waals surface area contributed by atoms with Gasteiger partial charge in [-0.2, -0.15) is 35.9 Å². The van der Waals surface area contributed by atoms with E-state index in [0.717, 1.165) is 0 Å². The number of hydrogen-bond donors (Lipinski definition) is 0. The monoisotopic (exact) mass is 254 g/mol. The van der Waals surface area contributed by atoms with E-state index in [9.17, 15) is 3.32 Å². The number of benzene rings is 1. The minimum atomic E-state index is -0.125. The SMILES string of the molecule is Br.Cc1cc[c-]cc1.[F][Zn+]. The van der Waals surface area contributed by atoms with Gasteiger partial charge in [-0.25, -0.2) is 0 Å². The Hall–Kier alpha value is 0.253. The average molecular weight is 256 g/mol. The maximum absolute atomic E-state index is 9.62. The van der Waals surface area contributed by atoms with Gasteiger partial charge in [0.1, 0.15) is 0 Å². The molecule has 0 aliphatic rings. The molecule has 3 heteroatoms. The second-order valence-corrected chi connectivity index (χ2v) is 1.58. The maximum atomic E-state index is 9.62. The third kappa shape index (κ3) is 6.37. The van der Waals surface area contributed by atoms with E-state index < -0.39 is 0 Å². The van der Waals surface area contributed by atoms with E-state index >= 15 is 0 Å². The molecule has 10 heavy (non-hydrogen) atoms. The van der Waals surface area contributed by atoms with Crippen LogP contribution in [0, 0.1) is 13.0 Å². The summed E-state index contributed by atoms with van der Waals surface area (Å²) >= 11 is -0.125. The Balaban J connectivity index is 0. The average Bonchev–Trinajstić information content (AvgIpc) is 1.94. The van der Waals surface area contributed by atoms with Gasteiger partial charge in [-0.1, -0.05) is 6.92 Å². The Kier molecular flexibility index (Phi) is 11.9. The standard InChI is InChI=1S/C7H7.BrH.FH.Zn/c1-7-5-3-2-4-6-7;;;/h3-6H,1H3;2*1H;/q-1;;;+2/p-1. The van der Waals surface area contributed by atoms with E-state index in [1.807, 2.05) is 24.3 Å². The van der Waals surface area contributed by atoms with E-state index in [1.54, 1.807) is 0 Å². The van der Waals surface area contributed by atoms with Crippen molar-refractivity contribution >= 4 is 17.0 Å². The molecule has 1 aromatic carbocycles. The molecule has 0 unspecified atom stereocenters. The van der Waals surface area contributed by atoms with Crippen LogP contribution in [0.5, 0.6) is 0 Å². The molecular formula is C7H8BrFZn. The van der Waals surface area contributed by atoms with Crippen LogP contribution in [0.1, 0.15) is 5.56 Å². The van der Waals surface area contributed by atoms with Crippen LogP contribution in [0.15, 0.2) is 24.3 Å². The van der Waals surface area contributed by atoms with E-state index in [0.29, 0.717) is 0 Å². The van der Waals surface area contributed by atoms with E-state index in [1.165, 1.54) is 5.56 Å². The first-order chi connectivity index (χ1) is 4.39. The van der Waals surface area contributed by atoms with E-state index in [2.05, 4.69) is 13.0 Å². The molecule has 0 heterocycles. The van der Waals surface area contributed by atoms with Crippen molar-refractivity contribution in [2.24, 2.45) is 0 Å². The molecular weight excluding hydrogens is 248 g/mol. The van der Waals surface area contributed by atoms with Gasteiger partial charge in [-0.15, -0.1) is 17.0 Å². The molecule has 0 aliphatic heterocycles. The van der Waals surface area contributed by atoms with Crippen LogP contribution in [0.4, 0.5) is 3.32 Å². The minimum absolute atomic E-state index is 0. The van der Waals surface area contributed by atoms with E-state index in [-0.39, 0.29) is 35.8 Å². The Labute approximate surface area is 81.9 Å². The fourth-order valence-electron chi connectivity index (χ4n) is 0.470. The first-order valence-electron chi connectivity index (χ1n) is 2.59. The predicted octanol–water partition coefficient (Wildman–Crippen LogP) is 2.79. The molecule has 52 valence electrons. The molecule has 0 radical (unpaired) electrons. The summed E-state index contributed by atoms with van der Waals surface area (Å²) in [6, 6.07) is 10.8. The molecule has 0 bridgehead atoms. The zero-order valence-electron chi connectivity index (χ0n) is 5.80. The Morgan fingerprint density at radius 1 is 1.30 bits per heavy atom. The van der Waals surface area contributed by atoms with Crippen LogP contribution in [-0.2, 0) is 18.8 Å². The Morgan fingerprint density at radius 2 is 1.70 bits per heavy atom. The summed E-state index contributed by atoms with van der Waals surface area (Å²) in [6.45, 7) is 2.06. The molecule has 0 atom stereocenters. The first-order valence-corrected chi connectivity index (χ1v) is 3.71. The molecule has 0 fully saturated rings. The van der Waals surface area contributed by atoms with Crippen molar-refractivity contribution in [3.63, 3.8) is 0 Å². The molecule has 1 aromatic rings. The van der Waals surface area contributed by atoms with Gasteiger partial charge in [0.05, 0.1) is 0 Å². The fourth-order valence-corrected chi connectivity index (χ4v) is 0.470. The molecule has 0 saturated heterocycles. The van der Waals surface area contributed by atoms with Crippen LogP contribution < -0.4 is 0 Å². The number of aryl methyl sites for hydroxylation is 1. The van der Waals surface area contributed by atoms with Crippen molar-refractivity contribution in [1.29, 1.82) is 0 Å². The van der Waals surface area contributed by atoms with Gasteiger partial charge < -0.3 is 0 Å². The second kappa shape index (κ2) is 9.25. The van der Waals surface area contributed by atoms with Crippen molar-refractivity contribution < 1.29 is 22.1 Å². The van der Waals surface area contributed by atoms with Gasteiger partial charge in [-0.05, 0) is 0 Å². The first kappa shape index (κ1) is 12.9. The van der Waals surface area contributed by atoms with E-state index in [4.69, 9.17) is 0 Å². The van der Waals surface area contributed by atoms with Crippen LogP contribution >= 0.6 is 17.0 Å². The second-order valence-electron chi connectivity index (χ2n) is 1.58. The molecule has 0 amide bonds. The summed E-state index contributed by atoms with van der Waals surface area (Å²) in [5, 5.41) is 0. The van der Waals surface area contributed by atoms with Gasteiger partial charge in [0.15, 0.2) is 0 Å². The fraction of sp³-hybridized carbons (Fsp3) is 0.143. The summed E-state index contributed by atoms with van der Waals surface area (Å²) in [7, 11) is 0. The summed E-state index contributed by atoms with van der Waals surface area (Å²) in [6.07, 6.45) is 0. The summed E-state index contributed by atoms with van der Waals surface area (Å²) in [5.41, 5.74) is 1.29. The third-order valence-corrected chi connectivity index (χ3v) is 0.885. The molecule has 0 aromatic heterocycles. The summed E-state index contributed by atoms with van der Waals surface area (Å²) < 4.78 is 9.62. The molecule has 0 N–H and O–H groups in total.